The number of nitrogens with zero attached hydrogens (tertiary/aromatic N) is 2. The molecule has 0 saturated carbocycles. The molecule has 4 heteroatoms. The number of thioether (sulfide) groups is 1. The van der Waals surface area contributed by atoms with Gasteiger partial charge in [0, 0.05) is 23.6 Å². The summed E-state index contributed by atoms with van der Waals surface area (Å²) >= 11 is 1.55. The molecule has 0 bridgehead atoms. The van der Waals surface area contributed by atoms with Crippen molar-refractivity contribution in [3.63, 3.8) is 0 Å². The Hall–Kier alpha value is -1.08. The van der Waals surface area contributed by atoms with Gasteiger partial charge in [0.15, 0.2) is 5.78 Å². The number of hydrogen-bond donors (Lipinski definition) is 0. The number of ketones is 1. The SMILES string of the molecule is CSC1=NC2=C(C(=O)CCC2)[C@@H](CC(C)C)C1C#N. The fourth-order valence-corrected chi connectivity index (χ4v) is 3.68. The van der Waals surface area contributed by atoms with Crippen molar-refractivity contribution in [3.05, 3.63) is 11.3 Å². The molecule has 0 fully saturated rings. The first-order valence-electron chi connectivity index (χ1n) is 6.86. The molecule has 0 aromatic heterocycles. The highest BCUT2D eigenvalue weighted by Gasteiger charge is 2.39. The molecule has 1 aliphatic heterocycles. The molecule has 2 rings (SSSR count). The average Bonchev–Trinajstić information content (AvgIpc) is 2.37. The summed E-state index contributed by atoms with van der Waals surface area (Å²) in [6.45, 7) is 4.29. The molecule has 0 radical (unpaired) electrons. The highest BCUT2D eigenvalue weighted by atomic mass is 32.2. The molecule has 0 amide bonds. The lowest BCUT2D eigenvalue weighted by molar-refractivity contribution is -0.116. The number of carbonyl (C=O) groups excluding carboxylic acids is 1. The van der Waals surface area contributed by atoms with Crippen molar-refractivity contribution >= 4 is 22.6 Å². The Kier molecular flexibility index (Phi) is 4.46. The minimum atomic E-state index is -0.238. The maximum atomic E-state index is 12.2. The largest absolute Gasteiger partial charge is 0.294 e. The molecule has 1 unspecified atom stereocenters. The van der Waals surface area contributed by atoms with Crippen LogP contribution in [0.2, 0.25) is 0 Å². The van der Waals surface area contributed by atoms with Crippen LogP contribution in [0.4, 0.5) is 0 Å². The van der Waals surface area contributed by atoms with E-state index in [1.807, 2.05) is 6.26 Å². The molecular weight excluding hydrogens is 256 g/mol. The quantitative estimate of drug-likeness (QED) is 0.774. The van der Waals surface area contributed by atoms with Crippen LogP contribution >= 0.6 is 11.8 Å². The summed E-state index contributed by atoms with van der Waals surface area (Å²) in [7, 11) is 0. The first kappa shape index (κ1) is 14.3. The second-order valence-corrected chi connectivity index (χ2v) is 6.46. The number of rotatable bonds is 2. The van der Waals surface area contributed by atoms with E-state index in [0.29, 0.717) is 12.3 Å². The van der Waals surface area contributed by atoms with Crippen molar-refractivity contribution in [2.45, 2.75) is 39.5 Å². The summed E-state index contributed by atoms with van der Waals surface area (Å²) in [6, 6.07) is 2.38. The molecule has 2 atom stereocenters. The second kappa shape index (κ2) is 5.92. The van der Waals surface area contributed by atoms with Gasteiger partial charge in [-0.05, 0) is 31.4 Å². The molecule has 1 aliphatic carbocycles. The Bertz CT molecular complexity index is 485. The normalized spacial score (nSPS) is 27.1. The Labute approximate surface area is 119 Å². The Morgan fingerprint density at radius 3 is 2.79 bits per heavy atom. The first-order valence-corrected chi connectivity index (χ1v) is 8.09. The Morgan fingerprint density at radius 1 is 1.47 bits per heavy atom. The fourth-order valence-electron chi connectivity index (χ4n) is 3.00. The maximum absolute atomic E-state index is 12.2. The highest BCUT2D eigenvalue weighted by molar-refractivity contribution is 8.13. The van der Waals surface area contributed by atoms with Crippen molar-refractivity contribution in [1.82, 2.24) is 0 Å². The van der Waals surface area contributed by atoms with E-state index in [1.54, 1.807) is 11.8 Å². The maximum Gasteiger partial charge on any atom is 0.161 e. The van der Waals surface area contributed by atoms with Crippen LogP contribution in [0, 0.1) is 29.1 Å². The molecule has 2 aliphatic rings. The second-order valence-electron chi connectivity index (χ2n) is 5.63. The first-order chi connectivity index (χ1) is 9.08. The number of Topliss-reactive ketones (excluding diaryl/α,β-unsaturated/α-hetero) is 1. The standard InChI is InChI=1S/C15H20N2OS/c1-9(2)7-10-11(8-16)15(19-3)17-12-5-4-6-13(18)14(10)12/h9-11H,4-7H2,1-3H3/t10-,11?/m0/s1. The summed E-state index contributed by atoms with van der Waals surface area (Å²) in [5.74, 6) is 0.507. The molecule has 1 heterocycles. The third-order valence-electron chi connectivity index (χ3n) is 3.79. The number of allylic oxidation sites excluding steroid dienone is 2. The van der Waals surface area contributed by atoms with Crippen LogP contribution in [0.25, 0.3) is 0 Å². The van der Waals surface area contributed by atoms with Gasteiger partial charge in [-0.25, -0.2) is 4.99 Å². The lowest BCUT2D eigenvalue weighted by Gasteiger charge is -2.33. The predicted octanol–water partition coefficient (Wildman–Crippen LogP) is 3.57. The van der Waals surface area contributed by atoms with Crippen molar-refractivity contribution < 1.29 is 4.79 Å². The van der Waals surface area contributed by atoms with E-state index in [4.69, 9.17) is 0 Å². The van der Waals surface area contributed by atoms with E-state index in [0.717, 1.165) is 35.6 Å². The van der Waals surface area contributed by atoms with E-state index in [2.05, 4.69) is 24.9 Å². The van der Waals surface area contributed by atoms with Crippen LogP contribution in [0.15, 0.2) is 16.3 Å². The van der Waals surface area contributed by atoms with Crippen molar-refractivity contribution in [3.8, 4) is 6.07 Å². The van der Waals surface area contributed by atoms with Crippen LogP contribution in [0.5, 0.6) is 0 Å². The molecule has 0 aromatic rings. The van der Waals surface area contributed by atoms with Gasteiger partial charge in [-0.1, -0.05) is 13.8 Å². The van der Waals surface area contributed by atoms with Crippen LogP contribution in [0.1, 0.15) is 39.5 Å². The molecule has 0 spiro atoms. The fraction of sp³-hybridized carbons (Fsp3) is 0.667. The van der Waals surface area contributed by atoms with Crippen molar-refractivity contribution in [1.29, 1.82) is 5.26 Å². The van der Waals surface area contributed by atoms with Gasteiger partial charge in [0.25, 0.3) is 0 Å². The summed E-state index contributed by atoms with van der Waals surface area (Å²) in [5, 5.41) is 10.4. The summed E-state index contributed by atoms with van der Waals surface area (Å²) in [6.07, 6.45) is 5.26. The van der Waals surface area contributed by atoms with Gasteiger partial charge >= 0.3 is 0 Å². The molecular formula is C15H20N2OS. The third kappa shape index (κ3) is 2.76. The van der Waals surface area contributed by atoms with Gasteiger partial charge in [-0.15, -0.1) is 11.8 Å². The smallest absolute Gasteiger partial charge is 0.161 e. The topological polar surface area (TPSA) is 53.2 Å². The van der Waals surface area contributed by atoms with Crippen molar-refractivity contribution in [2.75, 3.05) is 6.26 Å². The van der Waals surface area contributed by atoms with Crippen molar-refractivity contribution in [2.24, 2.45) is 22.7 Å². The Balaban J connectivity index is 2.47. The van der Waals surface area contributed by atoms with E-state index >= 15 is 0 Å². The molecule has 19 heavy (non-hydrogen) atoms. The lowest BCUT2D eigenvalue weighted by atomic mass is 9.74. The zero-order valence-corrected chi connectivity index (χ0v) is 12.6. The van der Waals surface area contributed by atoms with Gasteiger partial charge < -0.3 is 0 Å². The predicted molar refractivity (Wildman–Crippen MR) is 78.9 cm³/mol. The zero-order chi connectivity index (χ0) is 14.0. The lowest BCUT2D eigenvalue weighted by Crippen LogP contribution is -2.32. The van der Waals surface area contributed by atoms with Crippen LogP contribution < -0.4 is 0 Å². The molecule has 0 saturated heterocycles. The van der Waals surface area contributed by atoms with Gasteiger partial charge in [-0.2, -0.15) is 5.26 Å². The molecule has 102 valence electrons. The van der Waals surface area contributed by atoms with Crippen LogP contribution in [-0.4, -0.2) is 17.1 Å². The van der Waals surface area contributed by atoms with Gasteiger partial charge in [0.1, 0.15) is 5.92 Å². The molecule has 0 aromatic carbocycles. The summed E-state index contributed by atoms with van der Waals surface area (Å²) in [4.78, 5) is 16.8. The van der Waals surface area contributed by atoms with Crippen LogP contribution in [0.3, 0.4) is 0 Å². The summed E-state index contributed by atoms with van der Waals surface area (Å²) in [5.41, 5.74) is 1.82. The zero-order valence-electron chi connectivity index (χ0n) is 11.8. The third-order valence-corrected chi connectivity index (χ3v) is 4.55. The number of carbonyl (C=O) groups is 1. The van der Waals surface area contributed by atoms with E-state index < -0.39 is 0 Å². The van der Waals surface area contributed by atoms with E-state index in [-0.39, 0.29) is 17.6 Å². The van der Waals surface area contributed by atoms with E-state index in [1.165, 1.54) is 0 Å². The average molecular weight is 276 g/mol. The summed E-state index contributed by atoms with van der Waals surface area (Å²) < 4.78 is 0. The monoisotopic (exact) mass is 276 g/mol. The van der Waals surface area contributed by atoms with Gasteiger partial charge in [0.2, 0.25) is 0 Å². The van der Waals surface area contributed by atoms with Gasteiger partial charge in [-0.3, -0.25) is 4.79 Å². The Morgan fingerprint density at radius 2 is 2.21 bits per heavy atom. The number of aliphatic imine (C=N–C) groups is 1. The minimum absolute atomic E-state index is 0.0488. The number of nitriles is 1. The number of hydrogen-bond acceptors (Lipinski definition) is 4. The van der Waals surface area contributed by atoms with Crippen LogP contribution in [-0.2, 0) is 4.79 Å². The highest BCUT2D eigenvalue weighted by Crippen LogP contribution is 2.41. The van der Waals surface area contributed by atoms with Gasteiger partial charge in [0.05, 0.1) is 11.1 Å². The molecule has 3 nitrogen and oxygen atoms in total. The minimum Gasteiger partial charge on any atom is -0.294 e. The van der Waals surface area contributed by atoms with E-state index in [9.17, 15) is 10.1 Å². The molecule has 0 N–H and O–H groups in total.